The van der Waals surface area contributed by atoms with E-state index in [0.29, 0.717) is 12.3 Å². The van der Waals surface area contributed by atoms with Crippen molar-refractivity contribution in [3.63, 3.8) is 0 Å². The van der Waals surface area contributed by atoms with Gasteiger partial charge >= 0.3 is 0 Å². The van der Waals surface area contributed by atoms with Crippen molar-refractivity contribution in [2.45, 2.75) is 13.2 Å². The minimum absolute atomic E-state index is 0.133. The van der Waals surface area contributed by atoms with E-state index in [1.165, 1.54) is 0 Å². The Morgan fingerprint density at radius 2 is 2.06 bits per heavy atom. The zero-order valence-corrected chi connectivity index (χ0v) is 9.00. The van der Waals surface area contributed by atoms with Crippen molar-refractivity contribution >= 4 is 0 Å². The Morgan fingerprint density at radius 1 is 1.31 bits per heavy atom. The van der Waals surface area contributed by atoms with Gasteiger partial charge in [-0.3, -0.25) is 0 Å². The highest BCUT2D eigenvalue weighted by Gasteiger charge is 2.12. The van der Waals surface area contributed by atoms with Crippen LogP contribution in [0.25, 0.3) is 5.69 Å². The summed E-state index contributed by atoms with van der Waals surface area (Å²) in [6.07, 6.45) is 0. The lowest BCUT2D eigenvalue weighted by molar-refractivity contribution is 0.175. The smallest absolute Gasteiger partial charge is 0.114 e. The van der Waals surface area contributed by atoms with Crippen LogP contribution in [-0.2, 0) is 18.0 Å². The molecule has 0 radical (unpaired) electrons. The van der Waals surface area contributed by atoms with Crippen molar-refractivity contribution in [2.24, 2.45) is 0 Å². The Balaban J connectivity index is 2.44. The number of nitrogens with zero attached hydrogens (tertiary/aromatic N) is 3. The van der Waals surface area contributed by atoms with Crippen molar-refractivity contribution in [1.29, 1.82) is 0 Å². The zero-order chi connectivity index (χ0) is 11.4. The Labute approximate surface area is 93.3 Å². The van der Waals surface area contributed by atoms with Crippen LogP contribution in [0.15, 0.2) is 30.3 Å². The van der Waals surface area contributed by atoms with Crippen LogP contribution in [0.3, 0.4) is 0 Å². The minimum atomic E-state index is -0.133. The van der Waals surface area contributed by atoms with E-state index in [-0.39, 0.29) is 6.61 Å². The summed E-state index contributed by atoms with van der Waals surface area (Å²) in [5.74, 6) is 0. The first-order chi connectivity index (χ1) is 7.86. The average molecular weight is 219 g/mol. The fraction of sp³-hybridized carbons (Fsp3) is 0.273. The van der Waals surface area contributed by atoms with Crippen molar-refractivity contribution in [2.75, 3.05) is 7.11 Å². The molecule has 0 aliphatic heterocycles. The fourth-order valence-electron chi connectivity index (χ4n) is 1.51. The molecule has 1 aromatic heterocycles. The van der Waals surface area contributed by atoms with Crippen molar-refractivity contribution in [3.8, 4) is 5.69 Å². The number of rotatable bonds is 4. The number of hydrogen-bond donors (Lipinski definition) is 1. The molecule has 1 aromatic carbocycles. The molecule has 0 atom stereocenters. The van der Waals surface area contributed by atoms with Crippen LogP contribution in [-0.4, -0.2) is 27.2 Å². The maximum absolute atomic E-state index is 9.13. The fourth-order valence-corrected chi connectivity index (χ4v) is 1.51. The number of aliphatic hydroxyl groups excluding tert-OH is 1. The van der Waals surface area contributed by atoms with Crippen LogP contribution in [0.5, 0.6) is 0 Å². The SMILES string of the molecule is COCc1c(CO)nnn1-c1ccccc1. The van der Waals surface area contributed by atoms with E-state index >= 15 is 0 Å². The first kappa shape index (κ1) is 10.8. The van der Waals surface area contributed by atoms with Gasteiger partial charge in [-0.05, 0) is 12.1 Å². The lowest BCUT2D eigenvalue weighted by Crippen LogP contribution is -2.04. The Morgan fingerprint density at radius 3 is 2.69 bits per heavy atom. The van der Waals surface area contributed by atoms with Crippen LogP contribution >= 0.6 is 0 Å². The lowest BCUT2D eigenvalue weighted by Gasteiger charge is -2.05. The molecule has 0 saturated carbocycles. The standard InChI is InChI=1S/C11H13N3O2/c1-16-8-11-10(7-15)12-13-14(11)9-5-3-2-4-6-9/h2-6,15H,7-8H2,1H3. The number of aromatic nitrogens is 3. The molecule has 84 valence electrons. The van der Waals surface area contributed by atoms with Gasteiger partial charge in [-0.15, -0.1) is 5.10 Å². The second-order valence-electron chi connectivity index (χ2n) is 3.32. The number of para-hydroxylation sites is 1. The third-order valence-electron chi connectivity index (χ3n) is 2.28. The summed E-state index contributed by atoms with van der Waals surface area (Å²) in [6, 6.07) is 9.63. The van der Waals surface area contributed by atoms with E-state index < -0.39 is 0 Å². The summed E-state index contributed by atoms with van der Waals surface area (Å²) in [4.78, 5) is 0. The minimum Gasteiger partial charge on any atom is -0.390 e. The van der Waals surface area contributed by atoms with E-state index in [0.717, 1.165) is 11.4 Å². The Bertz CT molecular complexity index is 454. The molecule has 2 rings (SSSR count). The Kier molecular flexibility index (Phi) is 3.28. The quantitative estimate of drug-likeness (QED) is 0.830. The Hall–Kier alpha value is -1.72. The molecule has 0 fully saturated rings. The van der Waals surface area contributed by atoms with Gasteiger partial charge in [-0.25, -0.2) is 4.68 Å². The van der Waals surface area contributed by atoms with Gasteiger partial charge in [0.15, 0.2) is 0 Å². The highest BCUT2D eigenvalue weighted by atomic mass is 16.5. The molecular weight excluding hydrogens is 206 g/mol. The molecule has 0 amide bonds. The first-order valence-corrected chi connectivity index (χ1v) is 4.95. The van der Waals surface area contributed by atoms with Crippen LogP contribution in [0.4, 0.5) is 0 Å². The summed E-state index contributed by atoms with van der Waals surface area (Å²) in [5.41, 5.74) is 2.23. The molecule has 0 aliphatic rings. The van der Waals surface area contributed by atoms with Gasteiger partial charge < -0.3 is 9.84 Å². The molecule has 1 N–H and O–H groups in total. The third kappa shape index (κ3) is 1.95. The summed E-state index contributed by atoms with van der Waals surface area (Å²) < 4.78 is 6.75. The van der Waals surface area contributed by atoms with Crippen LogP contribution in [0, 0.1) is 0 Å². The molecule has 1 heterocycles. The van der Waals surface area contributed by atoms with Gasteiger partial charge in [0.05, 0.1) is 24.6 Å². The third-order valence-corrected chi connectivity index (χ3v) is 2.28. The van der Waals surface area contributed by atoms with Gasteiger partial charge in [0.1, 0.15) is 5.69 Å². The zero-order valence-electron chi connectivity index (χ0n) is 9.00. The van der Waals surface area contributed by atoms with Crippen molar-refractivity contribution < 1.29 is 9.84 Å². The lowest BCUT2D eigenvalue weighted by atomic mass is 10.3. The predicted molar refractivity (Wildman–Crippen MR) is 58.0 cm³/mol. The molecule has 0 aliphatic carbocycles. The average Bonchev–Trinajstić information content (AvgIpc) is 2.74. The number of methoxy groups -OCH3 is 1. The topological polar surface area (TPSA) is 60.2 Å². The number of hydrogen-bond acceptors (Lipinski definition) is 4. The van der Waals surface area contributed by atoms with E-state index in [2.05, 4.69) is 10.3 Å². The predicted octanol–water partition coefficient (Wildman–Crippen LogP) is 0.906. The van der Waals surface area contributed by atoms with E-state index in [1.54, 1.807) is 11.8 Å². The molecule has 5 nitrogen and oxygen atoms in total. The van der Waals surface area contributed by atoms with Gasteiger partial charge in [-0.1, -0.05) is 23.4 Å². The molecule has 5 heteroatoms. The summed E-state index contributed by atoms with van der Waals surface area (Å²) in [5, 5.41) is 17.0. The van der Waals surface area contributed by atoms with Crippen molar-refractivity contribution in [3.05, 3.63) is 41.7 Å². The number of benzene rings is 1. The summed E-state index contributed by atoms with van der Waals surface area (Å²) in [7, 11) is 1.60. The molecule has 2 aromatic rings. The molecule has 0 saturated heterocycles. The summed E-state index contributed by atoms with van der Waals surface area (Å²) >= 11 is 0. The second kappa shape index (κ2) is 4.87. The normalized spacial score (nSPS) is 10.6. The van der Waals surface area contributed by atoms with E-state index in [9.17, 15) is 0 Å². The van der Waals surface area contributed by atoms with Gasteiger partial charge in [0.2, 0.25) is 0 Å². The monoisotopic (exact) mass is 219 g/mol. The maximum atomic E-state index is 9.13. The van der Waals surface area contributed by atoms with Gasteiger partial charge in [0, 0.05) is 7.11 Å². The van der Waals surface area contributed by atoms with E-state index in [4.69, 9.17) is 9.84 Å². The van der Waals surface area contributed by atoms with Crippen molar-refractivity contribution in [1.82, 2.24) is 15.0 Å². The number of aliphatic hydroxyl groups is 1. The van der Waals surface area contributed by atoms with Gasteiger partial charge in [-0.2, -0.15) is 0 Å². The summed E-state index contributed by atoms with van der Waals surface area (Å²) in [6.45, 7) is 0.239. The van der Waals surface area contributed by atoms with Crippen LogP contribution < -0.4 is 0 Å². The van der Waals surface area contributed by atoms with Crippen LogP contribution in [0.1, 0.15) is 11.4 Å². The molecule has 0 spiro atoms. The highest BCUT2D eigenvalue weighted by Crippen LogP contribution is 2.13. The molecule has 16 heavy (non-hydrogen) atoms. The second-order valence-corrected chi connectivity index (χ2v) is 3.32. The first-order valence-electron chi connectivity index (χ1n) is 4.95. The largest absolute Gasteiger partial charge is 0.390 e. The van der Waals surface area contributed by atoms with Gasteiger partial charge in [0.25, 0.3) is 0 Å². The molecular formula is C11H13N3O2. The molecule has 0 unspecified atom stereocenters. The molecule has 0 bridgehead atoms. The highest BCUT2D eigenvalue weighted by molar-refractivity contribution is 5.32. The number of ether oxygens (including phenoxy) is 1. The van der Waals surface area contributed by atoms with Crippen LogP contribution in [0.2, 0.25) is 0 Å². The maximum Gasteiger partial charge on any atom is 0.114 e. The van der Waals surface area contributed by atoms with E-state index in [1.807, 2.05) is 30.3 Å².